The molecule has 0 amide bonds. The monoisotopic (exact) mass is 414 g/mol. The minimum atomic E-state index is -0.916. The summed E-state index contributed by atoms with van der Waals surface area (Å²) in [5.74, 6) is -0.529. The number of methoxy groups -OCH3 is 1. The van der Waals surface area contributed by atoms with Crippen LogP contribution in [-0.4, -0.2) is 7.11 Å². The van der Waals surface area contributed by atoms with E-state index in [0.29, 0.717) is 21.6 Å². The van der Waals surface area contributed by atoms with Crippen LogP contribution < -0.4 is 20.8 Å². The van der Waals surface area contributed by atoms with Gasteiger partial charge in [0.15, 0.2) is 5.75 Å². The third-order valence-electron chi connectivity index (χ3n) is 4.53. The highest BCUT2D eigenvalue weighted by Crippen LogP contribution is 2.48. The van der Waals surface area contributed by atoms with Crippen LogP contribution in [0.3, 0.4) is 0 Å². The molecule has 28 heavy (non-hydrogen) atoms. The summed E-state index contributed by atoms with van der Waals surface area (Å²) in [5, 5.41) is 10.8. The highest BCUT2D eigenvalue weighted by molar-refractivity contribution is 6.35. The third-order valence-corrected chi connectivity index (χ3v) is 5.03. The Balaban J connectivity index is 2.14. The average Bonchev–Trinajstić information content (AvgIpc) is 2.66. The molecule has 1 aliphatic rings. The van der Waals surface area contributed by atoms with Crippen molar-refractivity contribution in [3.63, 3.8) is 0 Å². The molecule has 1 atom stereocenters. The molecule has 8 heteroatoms. The maximum absolute atomic E-state index is 12.9. The summed E-state index contributed by atoms with van der Waals surface area (Å²) in [6.45, 7) is 0. The van der Waals surface area contributed by atoms with E-state index in [1.165, 1.54) is 13.2 Å². The summed E-state index contributed by atoms with van der Waals surface area (Å²) >= 11 is 12.5. The molecule has 0 aliphatic carbocycles. The number of hydrogen-bond donors (Lipinski definition) is 1. The number of nitrogens with two attached hydrogens (primary N) is 1. The van der Waals surface area contributed by atoms with Gasteiger partial charge in [-0.25, -0.2) is 4.79 Å². The first kappa shape index (κ1) is 18.2. The van der Waals surface area contributed by atoms with E-state index in [-0.39, 0.29) is 33.5 Å². The van der Waals surface area contributed by atoms with Crippen LogP contribution in [-0.2, 0) is 0 Å². The SMILES string of the molecule is COc1c(Cl)cc(Cl)cc1C1C(C#N)=C(N)Oc2c1c(=O)oc1ccccc21. The predicted octanol–water partition coefficient (Wildman–Crippen LogP) is 4.33. The van der Waals surface area contributed by atoms with Gasteiger partial charge in [-0.05, 0) is 24.3 Å². The van der Waals surface area contributed by atoms with Crippen molar-refractivity contribution in [2.75, 3.05) is 7.11 Å². The Bertz CT molecular complexity index is 1260. The summed E-state index contributed by atoms with van der Waals surface area (Å²) in [6.07, 6.45) is 0. The van der Waals surface area contributed by atoms with Crippen LogP contribution in [0, 0.1) is 11.3 Å². The van der Waals surface area contributed by atoms with E-state index in [2.05, 4.69) is 0 Å². The van der Waals surface area contributed by atoms with Gasteiger partial charge in [0.05, 0.1) is 29.0 Å². The lowest BCUT2D eigenvalue weighted by molar-refractivity contribution is 0.382. The van der Waals surface area contributed by atoms with Crippen LogP contribution in [0.2, 0.25) is 10.0 Å². The highest BCUT2D eigenvalue weighted by atomic mass is 35.5. The summed E-state index contributed by atoms with van der Waals surface area (Å²) in [5.41, 5.74) is 6.29. The normalized spacial score (nSPS) is 15.7. The molecule has 0 saturated carbocycles. The predicted molar refractivity (Wildman–Crippen MR) is 105 cm³/mol. The van der Waals surface area contributed by atoms with Crippen molar-refractivity contribution < 1.29 is 13.9 Å². The maximum atomic E-state index is 12.9. The quantitative estimate of drug-likeness (QED) is 0.626. The van der Waals surface area contributed by atoms with Gasteiger partial charge in [-0.15, -0.1) is 0 Å². The molecule has 2 heterocycles. The third kappa shape index (κ3) is 2.68. The summed E-state index contributed by atoms with van der Waals surface area (Å²) in [4.78, 5) is 12.9. The van der Waals surface area contributed by atoms with Gasteiger partial charge in [0.25, 0.3) is 0 Å². The average molecular weight is 415 g/mol. The fourth-order valence-corrected chi connectivity index (χ4v) is 3.97. The molecule has 1 aromatic heterocycles. The number of ether oxygens (including phenoxy) is 2. The van der Waals surface area contributed by atoms with Crippen molar-refractivity contribution in [3.05, 3.63) is 79.4 Å². The second kappa shape index (κ2) is 6.79. The largest absolute Gasteiger partial charge is 0.495 e. The molecule has 6 nitrogen and oxygen atoms in total. The number of allylic oxidation sites excluding steroid dienone is 1. The molecule has 0 radical (unpaired) electrons. The molecule has 0 bridgehead atoms. The maximum Gasteiger partial charge on any atom is 0.344 e. The number of halogens is 2. The topological polar surface area (TPSA) is 98.5 Å². The number of para-hydroxylation sites is 1. The van der Waals surface area contributed by atoms with Crippen molar-refractivity contribution in [1.29, 1.82) is 5.26 Å². The first-order valence-electron chi connectivity index (χ1n) is 8.12. The second-order valence-electron chi connectivity index (χ2n) is 6.06. The minimum Gasteiger partial charge on any atom is -0.495 e. The molecule has 2 aromatic carbocycles. The molecule has 140 valence electrons. The van der Waals surface area contributed by atoms with E-state index in [1.54, 1.807) is 30.3 Å². The van der Waals surface area contributed by atoms with Crippen molar-refractivity contribution in [1.82, 2.24) is 0 Å². The number of hydrogen-bond acceptors (Lipinski definition) is 6. The Morgan fingerprint density at radius 1 is 1.25 bits per heavy atom. The van der Waals surface area contributed by atoms with Crippen LogP contribution in [0.4, 0.5) is 0 Å². The van der Waals surface area contributed by atoms with Crippen molar-refractivity contribution in [2.45, 2.75) is 5.92 Å². The zero-order valence-electron chi connectivity index (χ0n) is 14.5. The lowest BCUT2D eigenvalue weighted by Crippen LogP contribution is -2.26. The Labute approximate surface area is 169 Å². The molecule has 1 aliphatic heterocycles. The molecule has 4 rings (SSSR count). The van der Waals surface area contributed by atoms with Crippen LogP contribution in [0.15, 0.2) is 57.1 Å². The zero-order valence-corrected chi connectivity index (χ0v) is 16.0. The van der Waals surface area contributed by atoms with Crippen molar-refractivity contribution >= 4 is 34.2 Å². The Kier molecular flexibility index (Phi) is 4.42. The van der Waals surface area contributed by atoms with Crippen molar-refractivity contribution in [2.24, 2.45) is 5.73 Å². The lowest BCUT2D eigenvalue weighted by atomic mass is 9.83. The first-order chi connectivity index (χ1) is 13.5. The Hall–Kier alpha value is -3.14. The smallest absolute Gasteiger partial charge is 0.344 e. The van der Waals surface area contributed by atoms with Crippen LogP contribution >= 0.6 is 23.2 Å². The van der Waals surface area contributed by atoms with E-state index in [0.717, 1.165) is 0 Å². The highest BCUT2D eigenvalue weighted by Gasteiger charge is 2.37. The van der Waals surface area contributed by atoms with Gasteiger partial charge in [0.1, 0.15) is 23.0 Å². The molecule has 0 fully saturated rings. The van der Waals surface area contributed by atoms with Gasteiger partial charge in [-0.2, -0.15) is 5.26 Å². The molecule has 1 unspecified atom stereocenters. The summed E-state index contributed by atoms with van der Waals surface area (Å²) in [6, 6.07) is 12.0. The fourth-order valence-electron chi connectivity index (χ4n) is 3.39. The van der Waals surface area contributed by atoms with E-state index < -0.39 is 11.5 Å². The molecular weight excluding hydrogens is 403 g/mol. The molecule has 3 aromatic rings. The van der Waals surface area contributed by atoms with E-state index >= 15 is 0 Å². The molecular formula is C20H12Cl2N2O4. The molecule has 2 N–H and O–H groups in total. The van der Waals surface area contributed by atoms with Crippen LogP contribution in [0.5, 0.6) is 11.5 Å². The van der Waals surface area contributed by atoms with Crippen molar-refractivity contribution in [3.8, 4) is 17.6 Å². The van der Waals surface area contributed by atoms with Crippen LogP contribution in [0.25, 0.3) is 11.0 Å². The van der Waals surface area contributed by atoms with Gasteiger partial charge in [0, 0.05) is 10.6 Å². The van der Waals surface area contributed by atoms with Gasteiger partial charge in [0.2, 0.25) is 5.88 Å². The zero-order chi connectivity index (χ0) is 20.0. The number of fused-ring (bicyclic) bond motifs is 3. The number of nitriles is 1. The number of nitrogens with zero attached hydrogens (tertiary/aromatic N) is 1. The molecule has 0 spiro atoms. The van der Waals surface area contributed by atoms with E-state index in [1.807, 2.05) is 6.07 Å². The molecule has 0 saturated heterocycles. The van der Waals surface area contributed by atoms with Gasteiger partial charge in [-0.3, -0.25) is 0 Å². The Morgan fingerprint density at radius 2 is 2.00 bits per heavy atom. The number of rotatable bonds is 2. The number of benzene rings is 2. The van der Waals surface area contributed by atoms with E-state index in [9.17, 15) is 10.1 Å². The minimum absolute atomic E-state index is 0.0340. The van der Waals surface area contributed by atoms with Crippen LogP contribution in [0.1, 0.15) is 17.0 Å². The lowest BCUT2D eigenvalue weighted by Gasteiger charge is -2.27. The second-order valence-corrected chi connectivity index (χ2v) is 6.91. The first-order valence-corrected chi connectivity index (χ1v) is 8.88. The Morgan fingerprint density at radius 3 is 2.71 bits per heavy atom. The fraction of sp³-hybridized carbons (Fsp3) is 0.100. The van der Waals surface area contributed by atoms with Gasteiger partial charge < -0.3 is 19.6 Å². The van der Waals surface area contributed by atoms with Gasteiger partial charge in [-0.1, -0.05) is 35.3 Å². The van der Waals surface area contributed by atoms with E-state index in [4.69, 9.17) is 42.8 Å². The standard InChI is InChI=1S/C20H12Cl2N2O4/c1-26-17-11(6-9(21)7-13(17)22)15-12(8-23)19(24)28-18-10-4-2-3-5-14(10)27-20(25)16(15)18/h2-7,15H,24H2,1H3. The summed E-state index contributed by atoms with van der Waals surface area (Å²) in [7, 11) is 1.43. The van der Waals surface area contributed by atoms with Gasteiger partial charge >= 0.3 is 5.63 Å². The summed E-state index contributed by atoms with van der Waals surface area (Å²) < 4.78 is 16.6.